The Bertz CT molecular complexity index is 1020. The number of piperidine rings is 1. The number of carbonyl (C=O) groups is 1. The van der Waals surface area contributed by atoms with Gasteiger partial charge in [-0.3, -0.25) is 4.79 Å². The first-order chi connectivity index (χ1) is 15.5. The van der Waals surface area contributed by atoms with Crippen LogP contribution in [0.4, 0.5) is 0 Å². The molecule has 0 unspecified atom stereocenters. The van der Waals surface area contributed by atoms with Gasteiger partial charge in [-0.1, -0.05) is 44.4 Å². The number of carbonyl (C=O) groups excluding carboxylic acids is 1. The number of nitrogens with zero attached hydrogens (tertiary/aromatic N) is 1. The second-order valence-corrected chi connectivity index (χ2v) is 12.3. The monoisotopic (exact) mass is 478 g/mol. The number of sulfonamides is 1. The lowest BCUT2D eigenvalue weighted by Gasteiger charge is -2.31. The number of rotatable bonds is 8. The molecule has 1 saturated heterocycles. The fraction of sp³-hybridized carbons (Fsp3) is 0.625. The van der Waals surface area contributed by atoms with Crippen LogP contribution in [0.5, 0.6) is 0 Å². The fourth-order valence-electron chi connectivity index (χ4n) is 4.77. The number of para-hydroxylation sites is 1. The Kier molecular flexibility index (Phi) is 7.84. The van der Waals surface area contributed by atoms with Gasteiger partial charge >= 0.3 is 0 Å². The van der Waals surface area contributed by atoms with Gasteiger partial charge in [0, 0.05) is 41.1 Å². The third-order valence-corrected chi connectivity index (χ3v) is 10.0. The van der Waals surface area contributed by atoms with Gasteiger partial charge in [-0.15, -0.1) is 0 Å². The molecule has 1 saturated carbocycles. The van der Waals surface area contributed by atoms with Crippen molar-refractivity contribution >= 4 is 38.7 Å². The van der Waals surface area contributed by atoms with E-state index in [-0.39, 0.29) is 17.7 Å². The van der Waals surface area contributed by atoms with E-state index in [4.69, 9.17) is 4.42 Å². The molecule has 176 valence electrons. The molecule has 1 aromatic carbocycles. The van der Waals surface area contributed by atoms with Crippen LogP contribution in [0.15, 0.2) is 28.7 Å². The highest BCUT2D eigenvalue weighted by Gasteiger charge is 2.30. The van der Waals surface area contributed by atoms with Gasteiger partial charge in [0.05, 0.1) is 5.75 Å². The van der Waals surface area contributed by atoms with Gasteiger partial charge in [0.1, 0.15) is 5.58 Å². The Hall–Kier alpha value is -1.51. The summed E-state index contributed by atoms with van der Waals surface area (Å²) in [6.45, 7) is 2.79. The van der Waals surface area contributed by atoms with E-state index in [1.807, 2.05) is 43.0 Å². The number of thioether (sulfide) groups is 1. The van der Waals surface area contributed by atoms with Crippen molar-refractivity contribution in [3.63, 3.8) is 0 Å². The summed E-state index contributed by atoms with van der Waals surface area (Å²) in [6.07, 6.45) is 8.30. The molecule has 0 bridgehead atoms. The third-order valence-electron chi connectivity index (χ3n) is 6.56. The maximum atomic E-state index is 13.2. The zero-order valence-corrected chi connectivity index (χ0v) is 20.5. The Balaban J connectivity index is 1.43. The van der Waals surface area contributed by atoms with Crippen LogP contribution >= 0.6 is 11.8 Å². The van der Waals surface area contributed by atoms with E-state index < -0.39 is 10.0 Å². The van der Waals surface area contributed by atoms with Crippen molar-refractivity contribution in [2.45, 2.75) is 75.3 Å². The summed E-state index contributed by atoms with van der Waals surface area (Å²) >= 11 is 1.94. The quantitative estimate of drug-likeness (QED) is 0.582. The van der Waals surface area contributed by atoms with Crippen LogP contribution in [0, 0.1) is 0 Å². The Morgan fingerprint density at radius 1 is 1.12 bits per heavy atom. The SMILES string of the molecule is CCCS(=O)(=O)N1CCC(NC(=O)c2oc3ccccc3c2CSC2CCCCC2)CC1. The number of nitrogens with one attached hydrogen (secondary N) is 1. The van der Waals surface area contributed by atoms with Crippen molar-refractivity contribution in [3.8, 4) is 0 Å². The van der Waals surface area contributed by atoms with Crippen molar-refractivity contribution in [1.29, 1.82) is 0 Å². The molecule has 4 rings (SSSR count). The second kappa shape index (κ2) is 10.6. The third kappa shape index (κ3) is 5.51. The topological polar surface area (TPSA) is 79.6 Å². The largest absolute Gasteiger partial charge is 0.451 e. The van der Waals surface area contributed by atoms with Gasteiger partial charge in [0.2, 0.25) is 10.0 Å². The molecule has 32 heavy (non-hydrogen) atoms. The molecular weight excluding hydrogens is 444 g/mol. The zero-order valence-electron chi connectivity index (χ0n) is 18.8. The lowest BCUT2D eigenvalue weighted by atomic mass is 10.0. The lowest BCUT2D eigenvalue weighted by Crippen LogP contribution is -2.47. The van der Waals surface area contributed by atoms with Crippen LogP contribution < -0.4 is 5.32 Å². The van der Waals surface area contributed by atoms with E-state index in [1.165, 1.54) is 32.1 Å². The number of hydrogen-bond acceptors (Lipinski definition) is 5. The molecule has 1 aliphatic carbocycles. The summed E-state index contributed by atoms with van der Waals surface area (Å²) < 4.78 is 32.2. The molecule has 0 atom stereocenters. The molecule has 2 aliphatic rings. The summed E-state index contributed by atoms with van der Waals surface area (Å²) in [7, 11) is -3.18. The van der Waals surface area contributed by atoms with Crippen LogP contribution in [0.3, 0.4) is 0 Å². The number of hydrogen-bond donors (Lipinski definition) is 1. The minimum Gasteiger partial charge on any atom is -0.451 e. The first kappa shape index (κ1) is 23.6. The van der Waals surface area contributed by atoms with Gasteiger partial charge in [0.25, 0.3) is 5.91 Å². The van der Waals surface area contributed by atoms with E-state index in [2.05, 4.69) is 5.32 Å². The second-order valence-electron chi connectivity index (χ2n) is 8.94. The molecule has 2 heterocycles. The first-order valence-electron chi connectivity index (χ1n) is 11.9. The molecule has 2 fully saturated rings. The molecule has 0 spiro atoms. The highest BCUT2D eigenvalue weighted by atomic mass is 32.2. The van der Waals surface area contributed by atoms with Crippen LogP contribution in [-0.4, -0.2) is 48.8 Å². The molecule has 0 radical (unpaired) electrons. The van der Waals surface area contributed by atoms with Crippen molar-refractivity contribution < 1.29 is 17.6 Å². The van der Waals surface area contributed by atoms with Crippen LogP contribution in [0.25, 0.3) is 11.0 Å². The molecule has 1 aliphatic heterocycles. The van der Waals surface area contributed by atoms with Crippen molar-refractivity contribution in [2.24, 2.45) is 0 Å². The van der Waals surface area contributed by atoms with E-state index in [9.17, 15) is 13.2 Å². The smallest absolute Gasteiger partial charge is 0.287 e. The Labute approximate surface area is 195 Å². The van der Waals surface area contributed by atoms with Crippen LogP contribution in [0.1, 0.15) is 74.4 Å². The van der Waals surface area contributed by atoms with Crippen LogP contribution in [-0.2, 0) is 15.8 Å². The van der Waals surface area contributed by atoms with Crippen molar-refractivity contribution in [2.75, 3.05) is 18.8 Å². The van der Waals surface area contributed by atoms with Gasteiger partial charge in [0.15, 0.2) is 5.76 Å². The number of furan rings is 1. The highest BCUT2D eigenvalue weighted by Crippen LogP contribution is 2.35. The van der Waals surface area contributed by atoms with Crippen molar-refractivity contribution in [1.82, 2.24) is 9.62 Å². The summed E-state index contributed by atoms with van der Waals surface area (Å²) in [4.78, 5) is 13.2. The molecule has 6 nitrogen and oxygen atoms in total. The normalized spacial score (nSPS) is 19.4. The molecular formula is C24H34N2O4S2. The van der Waals surface area contributed by atoms with Gasteiger partial charge < -0.3 is 9.73 Å². The average Bonchev–Trinajstić information content (AvgIpc) is 3.17. The molecule has 1 amide bonds. The lowest BCUT2D eigenvalue weighted by molar-refractivity contribution is 0.0897. The highest BCUT2D eigenvalue weighted by molar-refractivity contribution is 7.99. The molecule has 1 N–H and O–H groups in total. The van der Waals surface area contributed by atoms with Gasteiger partial charge in [-0.25, -0.2) is 12.7 Å². The number of fused-ring (bicyclic) bond motifs is 1. The Morgan fingerprint density at radius 2 is 1.84 bits per heavy atom. The summed E-state index contributed by atoms with van der Waals surface area (Å²) in [5.41, 5.74) is 1.73. The molecule has 1 aromatic heterocycles. The minimum atomic E-state index is -3.18. The molecule has 8 heteroatoms. The summed E-state index contributed by atoms with van der Waals surface area (Å²) in [5, 5.41) is 4.79. The minimum absolute atomic E-state index is 0.0392. The predicted molar refractivity (Wildman–Crippen MR) is 131 cm³/mol. The van der Waals surface area contributed by atoms with E-state index in [0.717, 1.165) is 22.3 Å². The van der Waals surface area contributed by atoms with Crippen LogP contribution in [0.2, 0.25) is 0 Å². The Morgan fingerprint density at radius 3 is 2.56 bits per heavy atom. The number of benzene rings is 1. The maximum Gasteiger partial charge on any atom is 0.287 e. The zero-order chi connectivity index (χ0) is 22.6. The maximum absolute atomic E-state index is 13.2. The van der Waals surface area contributed by atoms with E-state index in [1.54, 1.807) is 4.31 Å². The van der Waals surface area contributed by atoms with E-state index >= 15 is 0 Å². The first-order valence-corrected chi connectivity index (χ1v) is 14.5. The number of amides is 1. The molecule has 2 aromatic rings. The standard InChI is InChI=1S/C24H34N2O4S2/c1-2-16-32(28,29)26-14-12-18(13-15-26)25-24(27)23-21(17-31-19-8-4-3-5-9-19)20-10-6-7-11-22(20)30-23/h6-7,10-11,18-19H,2-5,8-9,12-17H2,1H3,(H,25,27). The van der Waals surface area contributed by atoms with Crippen molar-refractivity contribution in [3.05, 3.63) is 35.6 Å². The predicted octanol–water partition coefficient (Wildman–Crippen LogP) is 4.93. The summed E-state index contributed by atoms with van der Waals surface area (Å²) in [6, 6.07) is 7.82. The average molecular weight is 479 g/mol. The van der Waals surface area contributed by atoms with E-state index in [0.29, 0.717) is 43.4 Å². The van der Waals surface area contributed by atoms with Gasteiger partial charge in [-0.2, -0.15) is 11.8 Å². The summed E-state index contributed by atoms with van der Waals surface area (Å²) in [5.74, 6) is 1.19. The fourth-order valence-corrected chi connectivity index (χ4v) is 7.67. The van der Waals surface area contributed by atoms with Gasteiger partial charge in [-0.05, 0) is 38.2 Å².